The van der Waals surface area contributed by atoms with Crippen LogP contribution >= 0.6 is 11.6 Å². The predicted octanol–water partition coefficient (Wildman–Crippen LogP) is 2.79. The van der Waals surface area contributed by atoms with Gasteiger partial charge in [0.2, 0.25) is 0 Å². The number of nitrogens with zero attached hydrogens (tertiary/aromatic N) is 2. The lowest BCUT2D eigenvalue weighted by molar-refractivity contribution is -0.139. The van der Waals surface area contributed by atoms with Crippen molar-refractivity contribution >= 4 is 29.2 Å². The average Bonchev–Trinajstić information content (AvgIpc) is 2.55. The molecule has 0 unspecified atom stereocenters. The largest absolute Gasteiger partial charge is 0.420 e. The monoisotopic (exact) mass is 319 g/mol. The first kappa shape index (κ1) is 15.3. The number of carbonyl (C=O) groups excluding carboxylic acids is 2. The van der Waals surface area contributed by atoms with Crippen LogP contribution in [-0.4, -0.2) is 21.8 Å². The molecule has 0 saturated heterocycles. The quantitative estimate of drug-likeness (QED) is 0.672. The molecule has 2 rings (SSSR count). The number of rotatable bonds is 2. The summed E-state index contributed by atoms with van der Waals surface area (Å²) in [4.78, 5) is 27.1. The number of amides is 2. The molecule has 0 spiro atoms. The summed E-state index contributed by atoms with van der Waals surface area (Å²) in [6, 6.07) is 1.69. The van der Waals surface area contributed by atoms with E-state index < -0.39 is 29.4 Å². The van der Waals surface area contributed by atoms with Crippen molar-refractivity contribution in [3.05, 3.63) is 34.0 Å². The lowest BCUT2D eigenvalue weighted by Gasteiger charge is -2.19. The predicted molar refractivity (Wildman–Crippen MR) is 68.1 cm³/mol. The van der Waals surface area contributed by atoms with Gasteiger partial charge in [-0.2, -0.15) is 18.2 Å². The summed E-state index contributed by atoms with van der Waals surface area (Å²) in [5, 5.41) is 0.282. The zero-order chi connectivity index (χ0) is 15.9. The number of nitrogens with one attached hydrogen (secondary N) is 1. The number of hydrogen-bond donors (Lipinski definition) is 1. The number of halogens is 4. The second-order valence-electron chi connectivity index (χ2n) is 4.34. The van der Waals surface area contributed by atoms with Crippen LogP contribution in [0.5, 0.6) is 0 Å². The van der Waals surface area contributed by atoms with Crippen molar-refractivity contribution in [2.24, 2.45) is 0 Å². The van der Waals surface area contributed by atoms with Crippen LogP contribution < -0.4 is 5.43 Å². The van der Waals surface area contributed by atoms with E-state index in [4.69, 9.17) is 11.6 Å². The minimum atomic E-state index is -4.71. The van der Waals surface area contributed by atoms with E-state index in [1.807, 2.05) is 0 Å². The highest BCUT2D eigenvalue weighted by atomic mass is 35.5. The van der Waals surface area contributed by atoms with E-state index >= 15 is 0 Å². The van der Waals surface area contributed by atoms with E-state index in [-0.39, 0.29) is 16.3 Å². The van der Waals surface area contributed by atoms with Gasteiger partial charge in [0.1, 0.15) is 5.15 Å². The summed E-state index contributed by atoms with van der Waals surface area (Å²) < 4.78 is 38.6. The number of aromatic nitrogens is 1. The number of carbonyl (C=O) groups is 2. The maximum absolute atomic E-state index is 12.9. The van der Waals surface area contributed by atoms with Gasteiger partial charge in [-0.25, -0.2) is 4.98 Å². The Morgan fingerprint density at radius 3 is 2.14 bits per heavy atom. The van der Waals surface area contributed by atoms with Gasteiger partial charge in [0, 0.05) is 11.1 Å². The van der Waals surface area contributed by atoms with Gasteiger partial charge in [0.25, 0.3) is 11.8 Å². The molecule has 9 heteroatoms. The Morgan fingerprint density at radius 1 is 1.14 bits per heavy atom. The van der Waals surface area contributed by atoms with Crippen molar-refractivity contribution in [2.45, 2.75) is 20.0 Å². The number of hydrogen-bond acceptors (Lipinski definition) is 4. The molecular formula is C12H9ClF3N3O2. The van der Waals surface area contributed by atoms with Crippen molar-refractivity contribution in [1.82, 2.24) is 9.99 Å². The number of imide groups is 1. The molecule has 1 aliphatic rings. The second-order valence-corrected chi connectivity index (χ2v) is 4.72. The summed E-state index contributed by atoms with van der Waals surface area (Å²) >= 11 is 5.57. The van der Waals surface area contributed by atoms with Gasteiger partial charge in [-0.3, -0.25) is 15.0 Å². The van der Waals surface area contributed by atoms with Crippen molar-refractivity contribution in [1.29, 1.82) is 0 Å². The van der Waals surface area contributed by atoms with E-state index in [1.54, 1.807) is 0 Å². The van der Waals surface area contributed by atoms with Crippen LogP contribution in [0.4, 0.5) is 19.0 Å². The SMILES string of the molecule is CC1=C(C)C(=O)N(Nc2nc(Cl)ccc2C(F)(F)F)C1=O. The minimum absolute atomic E-state index is 0.156. The van der Waals surface area contributed by atoms with Gasteiger partial charge < -0.3 is 0 Å². The van der Waals surface area contributed by atoms with Crippen LogP contribution in [0.3, 0.4) is 0 Å². The van der Waals surface area contributed by atoms with Gasteiger partial charge in [0.15, 0.2) is 5.82 Å². The molecule has 0 bridgehead atoms. The summed E-state index contributed by atoms with van der Waals surface area (Å²) in [5.41, 5.74) is 1.28. The molecule has 0 saturated carbocycles. The number of alkyl halides is 3. The molecule has 0 fully saturated rings. The third-order valence-corrected chi connectivity index (χ3v) is 3.21. The van der Waals surface area contributed by atoms with Crippen LogP contribution in [0.2, 0.25) is 5.15 Å². The summed E-state index contributed by atoms with van der Waals surface area (Å²) in [6.07, 6.45) is -4.71. The van der Waals surface area contributed by atoms with Crippen LogP contribution in [0.15, 0.2) is 23.3 Å². The molecule has 112 valence electrons. The molecule has 5 nitrogen and oxygen atoms in total. The number of hydrazine groups is 1. The number of pyridine rings is 1. The highest BCUT2D eigenvalue weighted by Crippen LogP contribution is 2.35. The van der Waals surface area contributed by atoms with Crippen LogP contribution in [0.25, 0.3) is 0 Å². The fraction of sp³-hybridized carbons (Fsp3) is 0.250. The molecule has 0 aliphatic carbocycles. The van der Waals surface area contributed by atoms with Gasteiger partial charge >= 0.3 is 6.18 Å². The smallest absolute Gasteiger partial charge is 0.271 e. The van der Waals surface area contributed by atoms with Crippen molar-refractivity contribution in [3.8, 4) is 0 Å². The van der Waals surface area contributed by atoms with Gasteiger partial charge in [-0.15, -0.1) is 0 Å². The molecule has 1 aromatic rings. The summed E-state index contributed by atoms with van der Waals surface area (Å²) in [6.45, 7) is 2.82. The molecule has 1 aromatic heterocycles. The van der Waals surface area contributed by atoms with E-state index in [0.717, 1.165) is 12.1 Å². The molecule has 2 heterocycles. The highest BCUT2D eigenvalue weighted by molar-refractivity contribution is 6.29. The maximum Gasteiger partial charge on any atom is 0.420 e. The fourth-order valence-corrected chi connectivity index (χ4v) is 1.85. The lowest BCUT2D eigenvalue weighted by atomic mass is 10.2. The molecule has 0 aromatic carbocycles. The lowest BCUT2D eigenvalue weighted by Crippen LogP contribution is -2.38. The molecule has 2 amide bonds. The van der Waals surface area contributed by atoms with Crippen LogP contribution in [0, 0.1) is 0 Å². The Hall–Kier alpha value is -2.09. The Labute approximate surface area is 122 Å². The van der Waals surface area contributed by atoms with Gasteiger partial charge in [0.05, 0.1) is 5.56 Å². The fourth-order valence-electron chi connectivity index (χ4n) is 1.71. The second kappa shape index (κ2) is 5.03. The van der Waals surface area contributed by atoms with E-state index in [2.05, 4.69) is 10.4 Å². The topological polar surface area (TPSA) is 62.3 Å². The normalized spacial score (nSPS) is 16.0. The van der Waals surface area contributed by atoms with Gasteiger partial charge in [-0.05, 0) is 26.0 Å². The minimum Gasteiger partial charge on any atom is -0.271 e. The highest BCUT2D eigenvalue weighted by Gasteiger charge is 2.38. The van der Waals surface area contributed by atoms with E-state index in [0.29, 0.717) is 5.01 Å². The standard InChI is InChI=1S/C12H9ClF3N3O2/c1-5-6(2)11(21)19(10(5)20)18-9-7(12(14,15)16)3-4-8(13)17-9/h3-4H,1-2H3,(H,17,18). The molecule has 1 aliphatic heterocycles. The first-order chi connectivity index (χ1) is 9.62. The van der Waals surface area contributed by atoms with E-state index in [1.165, 1.54) is 13.8 Å². The first-order valence-corrected chi connectivity index (χ1v) is 6.07. The van der Waals surface area contributed by atoms with Gasteiger partial charge in [-0.1, -0.05) is 11.6 Å². The summed E-state index contributed by atoms with van der Waals surface area (Å²) in [7, 11) is 0. The molecule has 1 N–H and O–H groups in total. The van der Waals surface area contributed by atoms with Crippen LogP contribution in [0.1, 0.15) is 19.4 Å². The molecule has 0 atom stereocenters. The average molecular weight is 320 g/mol. The Balaban J connectivity index is 2.40. The zero-order valence-electron chi connectivity index (χ0n) is 10.9. The maximum atomic E-state index is 12.9. The van der Waals surface area contributed by atoms with Crippen LogP contribution in [-0.2, 0) is 15.8 Å². The van der Waals surface area contributed by atoms with Crippen molar-refractivity contribution in [3.63, 3.8) is 0 Å². The Morgan fingerprint density at radius 2 is 1.67 bits per heavy atom. The molecule has 0 radical (unpaired) electrons. The zero-order valence-corrected chi connectivity index (χ0v) is 11.6. The summed E-state index contributed by atoms with van der Waals surface area (Å²) in [5.74, 6) is -2.17. The molecular weight excluding hydrogens is 311 g/mol. The van der Waals surface area contributed by atoms with Crippen molar-refractivity contribution < 1.29 is 22.8 Å². The Bertz CT molecular complexity index is 646. The third-order valence-electron chi connectivity index (χ3n) is 2.99. The number of anilines is 1. The molecule has 21 heavy (non-hydrogen) atoms. The van der Waals surface area contributed by atoms with E-state index in [9.17, 15) is 22.8 Å². The third kappa shape index (κ3) is 2.71. The first-order valence-electron chi connectivity index (χ1n) is 5.69. The Kier molecular flexibility index (Phi) is 3.66. The van der Waals surface area contributed by atoms with Crippen molar-refractivity contribution in [2.75, 3.05) is 5.43 Å².